The Kier molecular flexibility index (Phi) is 7.99. The van der Waals surface area contributed by atoms with Gasteiger partial charge in [0, 0.05) is 7.05 Å². The van der Waals surface area contributed by atoms with Crippen molar-refractivity contribution in [2.24, 2.45) is 15.9 Å². The number of benzene rings is 1. The third-order valence-corrected chi connectivity index (χ3v) is 9.16. The first kappa shape index (κ1) is 25.8. The van der Waals surface area contributed by atoms with E-state index in [0.29, 0.717) is 31.4 Å². The van der Waals surface area contributed by atoms with Crippen LogP contribution in [0.1, 0.15) is 58.3 Å². The molecule has 33 heavy (non-hydrogen) atoms. The molecule has 0 saturated heterocycles. The third-order valence-electron chi connectivity index (χ3n) is 6.92. The van der Waals surface area contributed by atoms with E-state index < -0.39 is 27.2 Å². The van der Waals surface area contributed by atoms with Crippen LogP contribution in [-0.2, 0) is 14.8 Å². The first-order chi connectivity index (χ1) is 15.6. The largest absolute Gasteiger partial charge is 0.480 e. The van der Waals surface area contributed by atoms with Gasteiger partial charge in [0.15, 0.2) is 5.66 Å². The van der Waals surface area contributed by atoms with Crippen molar-refractivity contribution in [3.63, 3.8) is 0 Å². The van der Waals surface area contributed by atoms with E-state index in [2.05, 4.69) is 16.9 Å². The van der Waals surface area contributed by atoms with Crippen LogP contribution in [0.5, 0.6) is 0 Å². The number of halogens is 1. The molecule has 1 fully saturated rings. The molecule has 1 heterocycles. The molecule has 8 nitrogen and oxygen atoms in total. The first-order valence-electron chi connectivity index (χ1n) is 11.3. The number of rotatable bonds is 10. The molecule has 182 valence electrons. The lowest BCUT2D eigenvalue weighted by Gasteiger charge is -2.43. The number of aliphatic hydroxyl groups excluding tert-OH is 1. The molecule has 2 N–H and O–H groups in total. The minimum atomic E-state index is -3.96. The van der Waals surface area contributed by atoms with E-state index in [9.17, 15) is 23.4 Å². The van der Waals surface area contributed by atoms with Crippen LogP contribution in [0.15, 0.2) is 45.2 Å². The van der Waals surface area contributed by atoms with Crippen molar-refractivity contribution in [1.82, 2.24) is 4.31 Å². The number of hydrogen-bond donors (Lipinski definition) is 2. The van der Waals surface area contributed by atoms with Gasteiger partial charge in [-0.2, -0.15) is 4.31 Å². The molecule has 1 aromatic carbocycles. The van der Waals surface area contributed by atoms with E-state index in [0.717, 1.165) is 17.1 Å². The highest BCUT2D eigenvalue weighted by Gasteiger charge is 2.51. The molecule has 1 aromatic rings. The Bertz CT molecular complexity index is 1020. The Hall–Kier alpha value is -1.81. The van der Waals surface area contributed by atoms with Crippen molar-refractivity contribution in [2.75, 3.05) is 13.7 Å². The van der Waals surface area contributed by atoms with Gasteiger partial charge in [-0.1, -0.05) is 43.1 Å². The molecule has 1 aliphatic heterocycles. The molecule has 0 aromatic heterocycles. The summed E-state index contributed by atoms with van der Waals surface area (Å²) < 4.78 is 27.4. The lowest BCUT2D eigenvalue weighted by atomic mass is 9.73. The van der Waals surface area contributed by atoms with E-state index >= 15 is 0 Å². The summed E-state index contributed by atoms with van der Waals surface area (Å²) in [6, 6.07) is 7.91. The molecule has 1 atom stereocenters. The molecular weight excluding hydrogens is 466 g/mol. The fourth-order valence-corrected chi connectivity index (χ4v) is 6.70. The summed E-state index contributed by atoms with van der Waals surface area (Å²) in [7, 11) is -2.60. The van der Waals surface area contributed by atoms with E-state index in [1.807, 2.05) is 0 Å². The van der Waals surface area contributed by atoms with Crippen LogP contribution >= 0.6 is 11.6 Å². The van der Waals surface area contributed by atoms with E-state index in [-0.39, 0.29) is 35.4 Å². The van der Waals surface area contributed by atoms with Crippen LogP contribution in [0.25, 0.3) is 0 Å². The lowest BCUT2D eigenvalue weighted by molar-refractivity contribution is -0.150. The fourth-order valence-electron chi connectivity index (χ4n) is 4.90. The predicted octanol–water partition coefficient (Wildman–Crippen LogP) is 3.68. The van der Waals surface area contributed by atoms with E-state index in [1.165, 1.54) is 19.2 Å². The average molecular weight is 498 g/mol. The Balaban J connectivity index is 1.79. The number of likely N-dealkylation sites (N-methyl/N-ethyl adjacent to an activating group) is 1. The molecule has 1 unspecified atom stereocenters. The maximum absolute atomic E-state index is 13.2. The molecule has 10 heteroatoms. The minimum absolute atomic E-state index is 0.0783. The quantitative estimate of drug-likeness (QED) is 0.511. The fraction of sp³-hybridized carbons (Fsp3) is 0.609. The second kappa shape index (κ2) is 10.2. The summed E-state index contributed by atoms with van der Waals surface area (Å²) >= 11 is 6.20. The highest BCUT2D eigenvalue weighted by atomic mass is 35.5. The Morgan fingerprint density at radius 3 is 2.36 bits per heavy atom. The predicted molar refractivity (Wildman–Crippen MR) is 128 cm³/mol. The van der Waals surface area contributed by atoms with Crippen LogP contribution in [0.3, 0.4) is 0 Å². The van der Waals surface area contributed by atoms with Crippen molar-refractivity contribution < 1.29 is 23.4 Å². The standard InChI is InChI=1S/C23H32ClN3O5S/c1-3-4-12-23(25-19(16-28)20(24)26-23)15-17-10-13-22(14-11-17,21(29)30)27(2)33(31,32)18-8-6-5-7-9-18/h5-9,17,28H,3-4,10-16H2,1-2H3,(H,29,30). The van der Waals surface area contributed by atoms with E-state index in [1.54, 1.807) is 18.2 Å². The Morgan fingerprint density at radius 1 is 1.21 bits per heavy atom. The van der Waals surface area contributed by atoms with Crippen LogP contribution in [0, 0.1) is 5.92 Å². The maximum atomic E-state index is 13.2. The van der Waals surface area contributed by atoms with Crippen LogP contribution < -0.4 is 0 Å². The highest BCUT2D eigenvalue weighted by molar-refractivity contribution is 7.89. The third kappa shape index (κ3) is 5.16. The highest BCUT2D eigenvalue weighted by Crippen LogP contribution is 2.44. The number of hydrogen-bond acceptors (Lipinski definition) is 6. The molecule has 0 bridgehead atoms. The van der Waals surface area contributed by atoms with Gasteiger partial charge in [-0.3, -0.25) is 9.79 Å². The van der Waals surface area contributed by atoms with Crippen molar-refractivity contribution in [3.05, 3.63) is 30.3 Å². The van der Waals surface area contributed by atoms with Gasteiger partial charge in [-0.15, -0.1) is 0 Å². The number of carboxylic acids is 1. The summed E-state index contributed by atoms with van der Waals surface area (Å²) in [5.41, 5.74) is -1.85. The van der Waals surface area contributed by atoms with Crippen LogP contribution in [-0.4, -0.2) is 64.6 Å². The molecule has 2 aliphatic rings. The number of carbonyl (C=O) groups is 1. The zero-order valence-electron chi connectivity index (χ0n) is 19.1. The molecule has 0 spiro atoms. The first-order valence-corrected chi connectivity index (χ1v) is 13.1. The summed E-state index contributed by atoms with van der Waals surface area (Å²) in [6.07, 6.45) is 4.63. The normalized spacial score (nSPS) is 28.0. The minimum Gasteiger partial charge on any atom is -0.480 e. The molecule has 1 saturated carbocycles. The smallest absolute Gasteiger partial charge is 0.325 e. The molecule has 0 amide bonds. The van der Waals surface area contributed by atoms with Gasteiger partial charge in [0.1, 0.15) is 16.4 Å². The van der Waals surface area contributed by atoms with Gasteiger partial charge in [0.05, 0.1) is 11.5 Å². The number of nitrogens with zero attached hydrogens (tertiary/aromatic N) is 3. The zero-order valence-corrected chi connectivity index (χ0v) is 20.6. The topological polar surface area (TPSA) is 120 Å². The Morgan fingerprint density at radius 2 is 1.85 bits per heavy atom. The van der Waals surface area contributed by atoms with Gasteiger partial charge in [0.25, 0.3) is 0 Å². The summed E-state index contributed by atoms with van der Waals surface area (Å²) in [5.74, 6) is -1.01. The SMILES string of the molecule is CCCCC1(CC2CCC(C(=O)O)(N(C)S(=O)(=O)c3ccccc3)CC2)N=C(Cl)C(CO)=N1. The van der Waals surface area contributed by atoms with Crippen LogP contribution in [0.4, 0.5) is 0 Å². The summed E-state index contributed by atoms with van der Waals surface area (Å²) in [5, 5.41) is 19.9. The van der Waals surface area contributed by atoms with Gasteiger partial charge < -0.3 is 10.2 Å². The number of unbranched alkanes of at least 4 members (excludes halogenated alkanes) is 1. The van der Waals surface area contributed by atoms with Gasteiger partial charge >= 0.3 is 5.97 Å². The van der Waals surface area contributed by atoms with Crippen molar-refractivity contribution >= 4 is 38.5 Å². The van der Waals surface area contributed by atoms with Crippen molar-refractivity contribution in [1.29, 1.82) is 0 Å². The number of aliphatic imine (C=N–C) groups is 2. The second-order valence-electron chi connectivity index (χ2n) is 8.98. The lowest BCUT2D eigenvalue weighted by Crippen LogP contribution is -2.57. The number of aliphatic hydroxyl groups is 1. The molecule has 1 aliphatic carbocycles. The van der Waals surface area contributed by atoms with Gasteiger partial charge in [-0.05, 0) is 63.0 Å². The zero-order chi connectivity index (χ0) is 24.3. The average Bonchev–Trinajstić information content (AvgIpc) is 3.13. The molecule has 0 radical (unpaired) electrons. The number of carboxylic acid groups (broad SMARTS) is 1. The van der Waals surface area contributed by atoms with E-state index in [4.69, 9.17) is 11.6 Å². The summed E-state index contributed by atoms with van der Waals surface area (Å²) in [6.45, 7) is 1.81. The van der Waals surface area contributed by atoms with Gasteiger partial charge in [-0.25, -0.2) is 13.4 Å². The molecule has 3 rings (SSSR count). The monoisotopic (exact) mass is 497 g/mol. The van der Waals surface area contributed by atoms with Crippen LogP contribution in [0.2, 0.25) is 0 Å². The van der Waals surface area contributed by atoms with Crippen molar-refractivity contribution in [3.8, 4) is 0 Å². The van der Waals surface area contributed by atoms with Gasteiger partial charge in [0.2, 0.25) is 10.0 Å². The maximum Gasteiger partial charge on any atom is 0.325 e. The van der Waals surface area contributed by atoms with Crippen molar-refractivity contribution in [2.45, 2.75) is 74.4 Å². The molecular formula is C23H32ClN3O5S. The second-order valence-corrected chi connectivity index (χ2v) is 11.3. The number of aliphatic carboxylic acids is 1. The number of sulfonamides is 1. The Labute approximate surface area is 200 Å². The summed E-state index contributed by atoms with van der Waals surface area (Å²) in [4.78, 5) is 21.7.